The highest BCUT2D eigenvalue weighted by Gasteiger charge is 2.41. The minimum atomic E-state index is -1.89. The third kappa shape index (κ3) is 2.66. The average Bonchev–Trinajstić information content (AvgIpc) is 2.48. The van der Waals surface area contributed by atoms with Gasteiger partial charge in [0.15, 0.2) is 0 Å². The van der Waals surface area contributed by atoms with Gasteiger partial charge < -0.3 is 9.84 Å². The van der Waals surface area contributed by atoms with Gasteiger partial charge in [0.25, 0.3) is 0 Å². The maximum Gasteiger partial charge on any atom is 0.347 e. The normalized spacial score (nSPS) is 13.6. The first-order chi connectivity index (χ1) is 9.59. The van der Waals surface area contributed by atoms with Crippen LogP contribution in [0.15, 0.2) is 48.8 Å². The summed E-state index contributed by atoms with van der Waals surface area (Å²) in [5.74, 6) is -0.740. The molecular weight excluding hydrogens is 278 g/mol. The monoisotopic (exact) mass is 291 g/mol. The van der Waals surface area contributed by atoms with Crippen LogP contribution in [0, 0.1) is 0 Å². The first kappa shape index (κ1) is 14.5. The van der Waals surface area contributed by atoms with Gasteiger partial charge in [-0.25, -0.2) is 4.79 Å². The van der Waals surface area contributed by atoms with Crippen molar-refractivity contribution in [1.82, 2.24) is 4.98 Å². The van der Waals surface area contributed by atoms with Crippen molar-refractivity contribution in [1.29, 1.82) is 0 Å². The Hall–Kier alpha value is -1.91. The Kier molecular flexibility index (Phi) is 4.37. The molecule has 0 aliphatic carbocycles. The molecule has 1 unspecified atom stereocenters. The molecule has 1 aromatic carbocycles. The highest BCUT2D eigenvalue weighted by molar-refractivity contribution is 6.30. The van der Waals surface area contributed by atoms with Gasteiger partial charge in [0.1, 0.15) is 0 Å². The second-order valence-corrected chi connectivity index (χ2v) is 4.62. The number of ether oxygens (including phenoxy) is 1. The molecule has 2 rings (SSSR count). The van der Waals surface area contributed by atoms with Gasteiger partial charge in [-0.05, 0) is 30.7 Å². The van der Waals surface area contributed by atoms with Crippen LogP contribution in [0.2, 0.25) is 5.02 Å². The molecule has 0 radical (unpaired) electrons. The molecule has 0 aliphatic heterocycles. The summed E-state index contributed by atoms with van der Waals surface area (Å²) in [6.07, 6.45) is 3.00. The predicted octanol–water partition coefficient (Wildman–Crippen LogP) is 2.53. The molecule has 5 heteroatoms. The maximum absolute atomic E-state index is 12.2. The van der Waals surface area contributed by atoms with Crippen molar-refractivity contribution in [2.75, 3.05) is 6.61 Å². The quantitative estimate of drug-likeness (QED) is 0.880. The average molecular weight is 292 g/mol. The number of nitrogens with zero attached hydrogens (tertiary/aromatic N) is 1. The lowest BCUT2D eigenvalue weighted by Gasteiger charge is -2.26. The van der Waals surface area contributed by atoms with Gasteiger partial charge in [0.2, 0.25) is 5.60 Å². The highest BCUT2D eigenvalue weighted by Crippen LogP contribution is 2.31. The molecule has 0 saturated heterocycles. The molecule has 0 fully saturated rings. The summed E-state index contributed by atoms with van der Waals surface area (Å²) in [5, 5.41) is 11.4. The summed E-state index contributed by atoms with van der Waals surface area (Å²) in [7, 11) is 0. The van der Waals surface area contributed by atoms with E-state index in [4.69, 9.17) is 16.3 Å². The molecule has 0 saturated carbocycles. The molecule has 1 heterocycles. The van der Waals surface area contributed by atoms with E-state index >= 15 is 0 Å². The van der Waals surface area contributed by atoms with E-state index < -0.39 is 11.6 Å². The van der Waals surface area contributed by atoms with Gasteiger partial charge in [0.05, 0.1) is 6.61 Å². The number of carbonyl (C=O) groups excluding carboxylic acids is 1. The van der Waals surface area contributed by atoms with E-state index in [1.165, 1.54) is 6.20 Å². The third-order valence-corrected chi connectivity index (χ3v) is 3.16. The van der Waals surface area contributed by atoms with E-state index in [9.17, 15) is 9.90 Å². The van der Waals surface area contributed by atoms with Crippen LogP contribution in [-0.2, 0) is 15.1 Å². The summed E-state index contributed by atoms with van der Waals surface area (Å²) in [5.41, 5.74) is -1.16. The molecule has 0 aliphatic rings. The van der Waals surface area contributed by atoms with Crippen LogP contribution in [0.1, 0.15) is 18.1 Å². The molecule has 4 nitrogen and oxygen atoms in total. The summed E-state index contributed by atoms with van der Waals surface area (Å²) < 4.78 is 5.00. The Morgan fingerprint density at radius 1 is 1.30 bits per heavy atom. The largest absolute Gasteiger partial charge is 0.463 e. The van der Waals surface area contributed by atoms with Gasteiger partial charge >= 0.3 is 5.97 Å². The summed E-state index contributed by atoms with van der Waals surface area (Å²) in [4.78, 5) is 16.2. The van der Waals surface area contributed by atoms with Crippen molar-refractivity contribution in [2.24, 2.45) is 0 Å². The third-order valence-electron chi connectivity index (χ3n) is 2.91. The van der Waals surface area contributed by atoms with Crippen molar-refractivity contribution in [3.8, 4) is 0 Å². The number of carbonyl (C=O) groups is 1. The number of aromatic nitrogens is 1. The van der Waals surface area contributed by atoms with Crippen molar-refractivity contribution in [3.05, 3.63) is 64.9 Å². The van der Waals surface area contributed by atoms with Crippen molar-refractivity contribution >= 4 is 17.6 Å². The number of pyridine rings is 1. The van der Waals surface area contributed by atoms with Gasteiger partial charge in [-0.2, -0.15) is 0 Å². The molecule has 1 atom stereocenters. The first-order valence-corrected chi connectivity index (χ1v) is 6.53. The first-order valence-electron chi connectivity index (χ1n) is 6.15. The number of hydrogen-bond donors (Lipinski definition) is 1. The van der Waals surface area contributed by atoms with Gasteiger partial charge in [-0.3, -0.25) is 4.98 Å². The zero-order valence-electron chi connectivity index (χ0n) is 10.9. The van der Waals surface area contributed by atoms with Crippen molar-refractivity contribution < 1.29 is 14.6 Å². The van der Waals surface area contributed by atoms with Crippen LogP contribution in [0.4, 0.5) is 0 Å². The maximum atomic E-state index is 12.2. The Morgan fingerprint density at radius 2 is 2.00 bits per heavy atom. The van der Waals surface area contributed by atoms with Gasteiger partial charge in [0, 0.05) is 23.0 Å². The number of esters is 1. The van der Waals surface area contributed by atoms with Crippen LogP contribution < -0.4 is 0 Å². The van der Waals surface area contributed by atoms with E-state index in [0.717, 1.165) is 0 Å². The fourth-order valence-electron chi connectivity index (χ4n) is 1.91. The van der Waals surface area contributed by atoms with Crippen LogP contribution in [0.25, 0.3) is 0 Å². The molecule has 0 spiro atoms. The molecule has 20 heavy (non-hydrogen) atoms. The predicted molar refractivity (Wildman–Crippen MR) is 75.3 cm³/mol. The Balaban J connectivity index is 2.55. The minimum absolute atomic E-state index is 0.176. The smallest absolute Gasteiger partial charge is 0.347 e. The van der Waals surface area contributed by atoms with Crippen molar-refractivity contribution in [3.63, 3.8) is 0 Å². The minimum Gasteiger partial charge on any atom is -0.463 e. The SMILES string of the molecule is CCOC(=O)C(O)(c1ccc(Cl)cc1)c1cccnc1. The molecule has 0 amide bonds. The second-order valence-electron chi connectivity index (χ2n) is 4.18. The molecule has 2 aromatic rings. The molecule has 104 valence electrons. The fourth-order valence-corrected chi connectivity index (χ4v) is 2.03. The Morgan fingerprint density at radius 3 is 2.55 bits per heavy atom. The standard InChI is InChI=1S/C15H14ClNO3/c1-2-20-14(18)15(19,12-4-3-9-17-10-12)11-5-7-13(16)8-6-11/h3-10,19H,2H2,1H3. The summed E-state index contributed by atoms with van der Waals surface area (Å²) >= 11 is 5.84. The number of halogens is 1. The van der Waals surface area contributed by atoms with E-state index in [2.05, 4.69) is 4.98 Å². The zero-order valence-corrected chi connectivity index (χ0v) is 11.7. The fraction of sp³-hybridized carbons (Fsp3) is 0.200. The highest BCUT2D eigenvalue weighted by atomic mass is 35.5. The lowest BCUT2D eigenvalue weighted by Crippen LogP contribution is -2.38. The zero-order chi connectivity index (χ0) is 14.6. The number of rotatable bonds is 4. The summed E-state index contributed by atoms with van der Waals surface area (Å²) in [6, 6.07) is 9.67. The van der Waals surface area contributed by atoms with E-state index in [1.807, 2.05) is 0 Å². The second kappa shape index (κ2) is 6.03. The van der Waals surface area contributed by atoms with Gasteiger partial charge in [-0.15, -0.1) is 0 Å². The molecular formula is C15H14ClNO3. The van der Waals surface area contributed by atoms with Crippen LogP contribution in [-0.4, -0.2) is 22.7 Å². The van der Waals surface area contributed by atoms with Crippen LogP contribution in [0.5, 0.6) is 0 Å². The number of hydrogen-bond acceptors (Lipinski definition) is 4. The lowest BCUT2D eigenvalue weighted by molar-refractivity contribution is -0.161. The Bertz CT molecular complexity index is 586. The lowest BCUT2D eigenvalue weighted by atomic mass is 9.87. The van der Waals surface area contributed by atoms with Crippen molar-refractivity contribution in [2.45, 2.75) is 12.5 Å². The molecule has 1 aromatic heterocycles. The number of aliphatic hydroxyl groups is 1. The number of benzene rings is 1. The topological polar surface area (TPSA) is 59.4 Å². The van der Waals surface area contributed by atoms with E-state index in [0.29, 0.717) is 16.1 Å². The van der Waals surface area contributed by atoms with Gasteiger partial charge in [-0.1, -0.05) is 29.8 Å². The molecule has 1 N–H and O–H groups in total. The van der Waals surface area contributed by atoms with E-state index in [-0.39, 0.29) is 6.61 Å². The summed E-state index contributed by atoms with van der Waals surface area (Å²) in [6.45, 7) is 1.86. The van der Waals surface area contributed by atoms with E-state index in [1.54, 1.807) is 49.5 Å². The molecule has 0 bridgehead atoms. The van der Waals surface area contributed by atoms with Crippen LogP contribution >= 0.6 is 11.6 Å². The Labute approximate surface area is 122 Å². The van der Waals surface area contributed by atoms with Crippen LogP contribution in [0.3, 0.4) is 0 Å².